The van der Waals surface area contributed by atoms with Crippen molar-refractivity contribution in [1.29, 1.82) is 0 Å². The second-order valence-corrected chi connectivity index (χ2v) is 11.1. The van der Waals surface area contributed by atoms with Crippen molar-refractivity contribution in [2.24, 2.45) is 17.3 Å². The Bertz CT molecular complexity index is 553. The van der Waals surface area contributed by atoms with E-state index in [4.69, 9.17) is 22.8 Å². The molecule has 2 bridgehead atoms. The standard InChI is InChI=1S/C13H26O4Si.C9H12O/c1-13(2)10-6-7-11(13)12(8-10)17-9-18(14-3,15-4)16-5;1-2-10-8-9-6-4-3-5-7-9/h10-12H,6-9H2,1-5H3;3-7H,2,8H2,1H3. The summed E-state index contributed by atoms with van der Waals surface area (Å²) in [6, 6.07) is 10.2. The first kappa shape index (κ1) is 23.5. The van der Waals surface area contributed by atoms with E-state index in [0.717, 1.165) is 19.1 Å². The Morgan fingerprint density at radius 2 is 1.64 bits per heavy atom. The second-order valence-electron chi connectivity index (χ2n) is 8.21. The minimum absolute atomic E-state index is 0.353. The molecule has 0 N–H and O–H groups in total. The number of rotatable bonds is 9. The molecule has 160 valence electrons. The van der Waals surface area contributed by atoms with E-state index < -0.39 is 8.80 Å². The molecule has 1 aromatic carbocycles. The molecule has 2 saturated carbocycles. The third kappa shape index (κ3) is 5.65. The van der Waals surface area contributed by atoms with Crippen molar-refractivity contribution in [3.8, 4) is 0 Å². The van der Waals surface area contributed by atoms with Gasteiger partial charge in [0.15, 0.2) is 0 Å². The maximum absolute atomic E-state index is 6.10. The molecule has 2 fully saturated rings. The van der Waals surface area contributed by atoms with Crippen LogP contribution in [0.15, 0.2) is 30.3 Å². The Balaban J connectivity index is 0.000000237. The van der Waals surface area contributed by atoms with Gasteiger partial charge in [-0.1, -0.05) is 44.2 Å². The van der Waals surface area contributed by atoms with Crippen LogP contribution >= 0.6 is 0 Å². The predicted molar refractivity (Wildman–Crippen MR) is 113 cm³/mol. The van der Waals surface area contributed by atoms with Gasteiger partial charge in [0.2, 0.25) is 0 Å². The van der Waals surface area contributed by atoms with Crippen molar-refractivity contribution in [3.63, 3.8) is 0 Å². The van der Waals surface area contributed by atoms with Crippen LogP contribution in [0.1, 0.15) is 45.6 Å². The van der Waals surface area contributed by atoms with Gasteiger partial charge in [-0.15, -0.1) is 0 Å². The third-order valence-corrected chi connectivity index (χ3v) is 8.91. The van der Waals surface area contributed by atoms with Crippen LogP contribution < -0.4 is 0 Å². The predicted octanol–water partition coefficient (Wildman–Crippen LogP) is 4.47. The largest absolute Gasteiger partial charge is 0.527 e. The topological polar surface area (TPSA) is 46.2 Å². The number of benzene rings is 1. The molecule has 2 aliphatic carbocycles. The van der Waals surface area contributed by atoms with Crippen LogP contribution in [0.25, 0.3) is 0 Å². The molecule has 3 rings (SSSR count). The fourth-order valence-electron chi connectivity index (χ4n) is 4.57. The monoisotopic (exact) mass is 410 g/mol. The van der Waals surface area contributed by atoms with Crippen LogP contribution in [0.3, 0.4) is 0 Å². The van der Waals surface area contributed by atoms with E-state index in [1.807, 2.05) is 25.1 Å². The Labute approximate surface area is 172 Å². The molecule has 3 atom stereocenters. The number of hydrogen-bond acceptors (Lipinski definition) is 5. The molecule has 0 radical (unpaired) electrons. The van der Waals surface area contributed by atoms with E-state index in [1.165, 1.54) is 24.8 Å². The van der Waals surface area contributed by atoms with Crippen molar-refractivity contribution in [3.05, 3.63) is 35.9 Å². The normalized spacial score (nSPS) is 25.4. The van der Waals surface area contributed by atoms with E-state index >= 15 is 0 Å². The first-order chi connectivity index (χ1) is 13.4. The molecular weight excluding hydrogens is 372 g/mol. The first-order valence-electron chi connectivity index (χ1n) is 10.3. The quantitative estimate of drug-likeness (QED) is 0.562. The Kier molecular flexibility index (Phi) is 9.12. The summed E-state index contributed by atoms with van der Waals surface area (Å²) in [6.07, 6.45) is 4.65. The smallest absolute Gasteiger partial charge is 0.377 e. The van der Waals surface area contributed by atoms with Gasteiger partial charge in [-0.2, -0.15) is 0 Å². The van der Waals surface area contributed by atoms with Gasteiger partial charge >= 0.3 is 8.80 Å². The fourth-order valence-corrected chi connectivity index (χ4v) is 5.84. The highest BCUT2D eigenvalue weighted by molar-refractivity contribution is 6.60. The lowest BCUT2D eigenvalue weighted by molar-refractivity contribution is -0.00606. The van der Waals surface area contributed by atoms with Crippen molar-refractivity contribution < 1.29 is 22.8 Å². The molecule has 5 nitrogen and oxygen atoms in total. The van der Waals surface area contributed by atoms with E-state index in [9.17, 15) is 0 Å². The molecule has 0 aromatic heterocycles. The van der Waals surface area contributed by atoms with Gasteiger partial charge in [-0.3, -0.25) is 0 Å². The molecule has 0 saturated heterocycles. The number of fused-ring (bicyclic) bond motifs is 2. The molecule has 6 heteroatoms. The summed E-state index contributed by atoms with van der Waals surface area (Å²) in [4.78, 5) is 0. The van der Waals surface area contributed by atoms with E-state index in [0.29, 0.717) is 23.7 Å². The molecule has 0 aliphatic heterocycles. The van der Waals surface area contributed by atoms with Gasteiger partial charge < -0.3 is 22.8 Å². The van der Waals surface area contributed by atoms with Gasteiger partial charge in [0, 0.05) is 27.9 Å². The summed E-state index contributed by atoms with van der Waals surface area (Å²) in [5.74, 6) is 1.50. The van der Waals surface area contributed by atoms with Crippen LogP contribution in [-0.2, 0) is 29.4 Å². The lowest BCUT2D eigenvalue weighted by atomic mass is 9.82. The van der Waals surface area contributed by atoms with E-state index in [-0.39, 0.29) is 0 Å². The van der Waals surface area contributed by atoms with Crippen LogP contribution in [0, 0.1) is 17.3 Å². The Hall–Kier alpha value is -0.763. The molecule has 3 unspecified atom stereocenters. The van der Waals surface area contributed by atoms with E-state index in [1.54, 1.807) is 21.3 Å². The first-order valence-corrected chi connectivity index (χ1v) is 12.2. The number of hydrogen-bond donors (Lipinski definition) is 0. The summed E-state index contributed by atoms with van der Waals surface area (Å²) in [6.45, 7) is 8.29. The lowest BCUT2D eigenvalue weighted by Crippen LogP contribution is -2.49. The molecule has 0 heterocycles. The zero-order chi connectivity index (χ0) is 20.6. The zero-order valence-electron chi connectivity index (χ0n) is 18.4. The van der Waals surface area contributed by atoms with Gasteiger partial charge in [0.05, 0.1) is 12.7 Å². The molecular formula is C22H38O5Si. The minimum Gasteiger partial charge on any atom is -0.377 e. The van der Waals surface area contributed by atoms with Gasteiger partial charge in [-0.05, 0) is 49.0 Å². The Morgan fingerprint density at radius 3 is 2.11 bits per heavy atom. The van der Waals surface area contributed by atoms with Crippen LogP contribution in [-0.4, -0.2) is 49.1 Å². The molecule has 1 aromatic rings. The second kappa shape index (κ2) is 10.9. The van der Waals surface area contributed by atoms with Crippen molar-refractivity contribution >= 4 is 8.80 Å². The van der Waals surface area contributed by atoms with Gasteiger partial charge in [0.1, 0.15) is 6.23 Å². The summed E-state index contributed by atoms with van der Waals surface area (Å²) < 4.78 is 27.5. The van der Waals surface area contributed by atoms with Crippen LogP contribution in [0.2, 0.25) is 0 Å². The Morgan fingerprint density at radius 1 is 1.00 bits per heavy atom. The van der Waals surface area contributed by atoms with Crippen molar-refractivity contribution in [1.82, 2.24) is 0 Å². The summed E-state index contributed by atoms with van der Waals surface area (Å²) in [5.41, 5.74) is 1.67. The van der Waals surface area contributed by atoms with Crippen molar-refractivity contribution in [2.75, 3.05) is 34.2 Å². The highest BCUT2D eigenvalue weighted by Crippen LogP contribution is 2.58. The fraction of sp³-hybridized carbons (Fsp3) is 0.727. The SMILES string of the molecule is CCOCc1ccccc1.CO[Si](COC1CC2CCC1C2(C)C)(OC)OC. The van der Waals surface area contributed by atoms with Gasteiger partial charge in [-0.25, -0.2) is 0 Å². The minimum atomic E-state index is -2.58. The number of ether oxygens (including phenoxy) is 2. The van der Waals surface area contributed by atoms with Crippen LogP contribution in [0.5, 0.6) is 0 Å². The van der Waals surface area contributed by atoms with E-state index in [2.05, 4.69) is 26.0 Å². The van der Waals surface area contributed by atoms with Gasteiger partial charge in [0.25, 0.3) is 0 Å². The lowest BCUT2D eigenvalue weighted by Gasteiger charge is -2.30. The average Bonchev–Trinajstić information content (AvgIpc) is 3.15. The molecule has 28 heavy (non-hydrogen) atoms. The summed E-state index contributed by atoms with van der Waals surface area (Å²) in [5, 5.41) is 0. The molecule has 2 aliphatic rings. The average molecular weight is 411 g/mol. The zero-order valence-corrected chi connectivity index (χ0v) is 19.4. The van der Waals surface area contributed by atoms with Crippen molar-refractivity contribution in [2.45, 2.75) is 52.7 Å². The summed E-state index contributed by atoms with van der Waals surface area (Å²) >= 11 is 0. The highest BCUT2D eigenvalue weighted by atomic mass is 28.4. The maximum atomic E-state index is 6.10. The molecule has 0 spiro atoms. The highest BCUT2D eigenvalue weighted by Gasteiger charge is 2.54. The third-order valence-electron chi connectivity index (χ3n) is 6.52. The molecule has 0 amide bonds. The maximum Gasteiger partial charge on any atom is 0.527 e. The summed E-state index contributed by atoms with van der Waals surface area (Å²) in [7, 11) is 2.32. The van der Waals surface area contributed by atoms with Crippen LogP contribution in [0.4, 0.5) is 0 Å².